The molecule has 0 aliphatic carbocycles. The molecule has 0 bridgehead atoms. The van der Waals surface area contributed by atoms with Crippen LogP contribution in [0.3, 0.4) is 0 Å². The first kappa shape index (κ1) is 21.4. The number of carboxylic acid groups (broad SMARTS) is 1. The van der Waals surface area contributed by atoms with Crippen molar-refractivity contribution in [2.45, 2.75) is 25.4 Å². The van der Waals surface area contributed by atoms with Gasteiger partial charge in [-0.05, 0) is 62.0 Å². The highest BCUT2D eigenvalue weighted by atomic mass is 19.4. The van der Waals surface area contributed by atoms with Crippen molar-refractivity contribution in [1.82, 2.24) is 9.88 Å². The zero-order chi connectivity index (χ0) is 22.0. The van der Waals surface area contributed by atoms with Crippen molar-refractivity contribution in [3.8, 4) is 5.75 Å². The third-order valence-electron chi connectivity index (χ3n) is 5.83. The molecule has 0 unspecified atom stereocenters. The Hall–Kier alpha value is -2.81. The summed E-state index contributed by atoms with van der Waals surface area (Å²) in [5.74, 6) is -0.108. The minimum Gasteiger partial charge on any atom is -0.492 e. The van der Waals surface area contributed by atoms with Crippen LogP contribution in [0.4, 0.5) is 24.5 Å². The SMILES string of the molecule is O=C(O)c1ccc2c(c1)CCN2c1cncc(OCC2CCN(CC(F)(F)F)CC2)c1. The molecule has 0 radical (unpaired) electrons. The first-order valence-electron chi connectivity index (χ1n) is 10.3. The van der Waals surface area contributed by atoms with Gasteiger partial charge in [0.1, 0.15) is 5.75 Å². The number of ether oxygens (including phenoxy) is 1. The molecule has 166 valence electrons. The van der Waals surface area contributed by atoms with Crippen LogP contribution in [0, 0.1) is 5.92 Å². The summed E-state index contributed by atoms with van der Waals surface area (Å²) >= 11 is 0. The van der Waals surface area contributed by atoms with Gasteiger partial charge in [-0.15, -0.1) is 0 Å². The number of carboxylic acids is 1. The van der Waals surface area contributed by atoms with Gasteiger partial charge in [0, 0.05) is 18.3 Å². The maximum atomic E-state index is 12.5. The highest BCUT2D eigenvalue weighted by Gasteiger charge is 2.32. The highest BCUT2D eigenvalue weighted by Crippen LogP contribution is 2.36. The normalized spacial score (nSPS) is 17.6. The topological polar surface area (TPSA) is 65.9 Å². The summed E-state index contributed by atoms with van der Waals surface area (Å²) in [5.41, 5.74) is 3.08. The van der Waals surface area contributed by atoms with Crippen LogP contribution in [0.15, 0.2) is 36.7 Å². The number of nitrogens with zero attached hydrogens (tertiary/aromatic N) is 3. The molecule has 4 rings (SSSR count). The molecular formula is C22H24F3N3O3. The molecule has 6 nitrogen and oxygen atoms in total. The van der Waals surface area contributed by atoms with Crippen molar-refractivity contribution >= 4 is 17.3 Å². The predicted molar refractivity (Wildman–Crippen MR) is 109 cm³/mol. The summed E-state index contributed by atoms with van der Waals surface area (Å²) in [4.78, 5) is 19.0. The van der Waals surface area contributed by atoms with Crippen molar-refractivity contribution in [3.63, 3.8) is 0 Å². The van der Waals surface area contributed by atoms with E-state index in [9.17, 15) is 23.1 Å². The monoisotopic (exact) mass is 435 g/mol. The van der Waals surface area contributed by atoms with Crippen LogP contribution in [-0.4, -0.2) is 59.9 Å². The Balaban J connectivity index is 1.35. The van der Waals surface area contributed by atoms with Crippen molar-refractivity contribution < 1.29 is 27.8 Å². The molecule has 0 amide bonds. The fourth-order valence-corrected chi connectivity index (χ4v) is 4.22. The summed E-state index contributed by atoms with van der Waals surface area (Å²) in [7, 11) is 0. The number of hydrogen-bond donors (Lipinski definition) is 1. The number of carbonyl (C=O) groups is 1. The molecule has 0 atom stereocenters. The Bertz CT molecular complexity index is 943. The van der Waals surface area contributed by atoms with E-state index in [1.807, 2.05) is 12.1 Å². The molecule has 31 heavy (non-hydrogen) atoms. The number of aromatic carboxylic acids is 1. The smallest absolute Gasteiger partial charge is 0.401 e. The van der Waals surface area contributed by atoms with Crippen LogP contribution >= 0.6 is 0 Å². The van der Waals surface area contributed by atoms with Crippen LogP contribution in [0.5, 0.6) is 5.75 Å². The predicted octanol–water partition coefficient (Wildman–Crippen LogP) is 4.13. The van der Waals surface area contributed by atoms with Crippen molar-refractivity contribution in [1.29, 1.82) is 0 Å². The molecule has 3 heterocycles. The minimum absolute atomic E-state index is 0.218. The Kier molecular flexibility index (Phi) is 6.04. The third kappa shape index (κ3) is 5.28. The first-order valence-corrected chi connectivity index (χ1v) is 10.3. The highest BCUT2D eigenvalue weighted by molar-refractivity contribution is 5.89. The molecular weight excluding hydrogens is 411 g/mol. The van der Waals surface area contributed by atoms with E-state index < -0.39 is 18.7 Å². The second-order valence-corrected chi connectivity index (χ2v) is 8.07. The average Bonchev–Trinajstić information content (AvgIpc) is 3.15. The Labute approximate surface area is 178 Å². The lowest BCUT2D eigenvalue weighted by molar-refractivity contribution is -0.148. The van der Waals surface area contributed by atoms with E-state index in [-0.39, 0.29) is 11.5 Å². The fraction of sp³-hybridized carbons (Fsp3) is 0.455. The standard InChI is InChI=1S/C22H24F3N3O3/c23-22(24,25)14-27-6-3-15(4-7-27)13-31-19-10-18(11-26-12-19)28-8-5-16-9-17(21(29)30)1-2-20(16)28/h1-2,9-12,15H,3-8,13-14H2,(H,29,30). The minimum atomic E-state index is -4.15. The molecule has 2 aliphatic heterocycles. The molecule has 1 saturated heterocycles. The van der Waals surface area contributed by atoms with E-state index in [1.165, 1.54) is 4.90 Å². The van der Waals surface area contributed by atoms with Crippen molar-refractivity contribution in [2.24, 2.45) is 5.92 Å². The van der Waals surface area contributed by atoms with Gasteiger partial charge in [-0.1, -0.05) is 0 Å². The molecule has 2 aromatic rings. The zero-order valence-corrected chi connectivity index (χ0v) is 16.9. The van der Waals surface area contributed by atoms with Crippen molar-refractivity contribution in [2.75, 3.05) is 37.7 Å². The van der Waals surface area contributed by atoms with Gasteiger partial charge in [0.05, 0.1) is 36.8 Å². The quantitative estimate of drug-likeness (QED) is 0.736. The molecule has 1 fully saturated rings. The Morgan fingerprint density at radius 3 is 2.65 bits per heavy atom. The number of halogens is 3. The summed E-state index contributed by atoms with van der Waals surface area (Å²) in [6, 6.07) is 7.01. The summed E-state index contributed by atoms with van der Waals surface area (Å²) < 4.78 is 43.5. The lowest BCUT2D eigenvalue weighted by Crippen LogP contribution is -2.41. The van der Waals surface area contributed by atoms with Crippen LogP contribution in [0.2, 0.25) is 0 Å². The van der Waals surface area contributed by atoms with Gasteiger partial charge >= 0.3 is 12.1 Å². The van der Waals surface area contributed by atoms with Gasteiger partial charge < -0.3 is 14.7 Å². The van der Waals surface area contributed by atoms with E-state index >= 15 is 0 Å². The molecule has 1 aromatic carbocycles. The summed E-state index contributed by atoms with van der Waals surface area (Å²) in [5, 5.41) is 9.17. The maximum Gasteiger partial charge on any atom is 0.401 e. The lowest BCUT2D eigenvalue weighted by Gasteiger charge is -2.32. The van der Waals surface area contributed by atoms with Crippen LogP contribution < -0.4 is 9.64 Å². The second kappa shape index (κ2) is 8.74. The third-order valence-corrected chi connectivity index (χ3v) is 5.83. The van der Waals surface area contributed by atoms with Gasteiger partial charge in [-0.25, -0.2) is 4.79 Å². The second-order valence-electron chi connectivity index (χ2n) is 8.07. The van der Waals surface area contributed by atoms with E-state index in [0.717, 1.165) is 29.9 Å². The molecule has 1 aromatic heterocycles. The largest absolute Gasteiger partial charge is 0.492 e. The van der Waals surface area contributed by atoms with Crippen molar-refractivity contribution in [3.05, 3.63) is 47.8 Å². The molecule has 2 aliphatic rings. The van der Waals surface area contributed by atoms with E-state index in [4.69, 9.17) is 4.74 Å². The number of rotatable bonds is 6. The van der Waals surface area contributed by atoms with Crippen LogP contribution in [0.1, 0.15) is 28.8 Å². The summed E-state index contributed by atoms with van der Waals surface area (Å²) in [6.45, 7) is 1.17. The molecule has 0 saturated carbocycles. The number of likely N-dealkylation sites (tertiary alicyclic amines) is 1. The van der Waals surface area contributed by atoms with Gasteiger partial charge in [-0.3, -0.25) is 9.88 Å². The number of hydrogen-bond acceptors (Lipinski definition) is 5. The van der Waals surface area contributed by atoms with Gasteiger partial charge in [0.15, 0.2) is 0 Å². The number of benzene rings is 1. The number of alkyl halides is 3. The summed E-state index contributed by atoms with van der Waals surface area (Å²) in [6.07, 6.45) is 1.32. The number of piperidine rings is 1. The number of pyridine rings is 1. The maximum absolute atomic E-state index is 12.5. The lowest BCUT2D eigenvalue weighted by atomic mass is 9.98. The number of aromatic nitrogens is 1. The van der Waals surface area contributed by atoms with Crippen LogP contribution in [0.25, 0.3) is 0 Å². The van der Waals surface area contributed by atoms with Gasteiger partial charge in [-0.2, -0.15) is 13.2 Å². The number of anilines is 2. The van der Waals surface area contributed by atoms with Gasteiger partial charge in [0.2, 0.25) is 0 Å². The average molecular weight is 435 g/mol. The molecule has 0 spiro atoms. The Morgan fingerprint density at radius 1 is 1.16 bits per heavy atom. The van der Waals surface area contributed by atoms with E-state index in [2.05, 4.69) is 9.88 Å². The van der Waals surface area contributed by atoms with Gasteiger partial charge in [0.25, 0.3) is 0 Å². The number of fused-ring (bicyclic) bond motifs is 1. The first-order chi connectivity index (χ1) is 14.8. The van der Waals surface area contributed by atoms with Crippen LogP contribution in [-0.2, 0) is 6.42 Å². The van der Waals surface area contributed by atoms with E-state index in [1.54, 1.807) is 24.5 Å². The van der Waals surface area contributed by atoms with E-state index in [0.29, 0.717) is 38.3 Å². The fourth-order valence-electron chi connectivity index (χ4n) is 4.22. The Morgan fingerprint density at radius 2 is 1.94 bits per heavy atom. The zero-order valence-electron chi connectivity index (χ0n) is 16.9. The molecule has 1 N–H and O–H groups in total. The molecule has 9 heteroatoms.